The third-order valence-electron chi connectivity index (χ3n) is 4.53. The van der Waals surface area contributed by atoms with Crippen molar-refractivity contribution in [2.45, 2.75) is 44.8 Å². The summed E-state index contributed by atoms with van der Waals surface area (Å²) in [4.78, 5) is 29.1. The van der Waals surface area contributed by atoms with Crippen LogP contribution in [0.25, 0.3) is 0 Å². The Morgan fingerprint density at radius 3 is 2.52 bits per heavy atom. The third kappa shape index (κ3) is 4.05. The number of amides is 2. The minimum atomic E-state index is -0.516. The lowest BCUT2D eigenvalue weighted by Crippen LogP contribution is -2.58. The van der Waals surface area contributed by atoms with Gasteiger partial charge in [-0.2, -0.15) is 0 Å². The van der Waals surface area contributed by atoms with Gasteiger partial charge in [0.15, 0.2) is 0 Å². The van der Waals surface area contributed by atoms with Crippen molar-refractivity contribution < 1.29 is 14.3 Å². The minimum Gasteiger partial charge on any atom is -0.444 e. The number of rotatable bonds is 1. The number of ether oxygens (including phenoxy) is 1. The van der Waals surface area contributed by atoms with Crippen LogP contribution in [-0.4, -0.2) is 52.6 Å². The lowest BCUT2D eigenvalue weighted by atomic mass is 10.1. The first-order valence-electron chi connectivity index (χ1n) is 8.36. The summed E-state index contributed by atoms with van der Waals surface area (Å²) in [6.07, 6.45) is 1.52. The van der Waals surface area contributed by atoms with E-state index in [4.69, 9.17) is 16.3 Å². The normalized spacial score (nSPS) is 19.1. The van der Waals surface area contributed by atoms with Gasteiger partial charge < -0.3 is 14.5 Å². The highest BCUT2D eigenvalue weighted by molar-refractivity contribution is 14.1. The van der Waals surface area contributed by atoms with E-state index in [9.17, 15) is 9.59 Å². The van der Waals surface area contributed by atoms with Gasteiger partial charge in [-0.05, 0) is 74.4 Å². The summed E-state index contributed by atoms with van der Waals surface area (Å²) in [5, 5.41) is 0.556. The third-order valence-corrected chi connectivity index (χ3v) is 5.71. The number of benzene rings is 1. The monoisotopic (exact) mass is 476 g/mol. The van der Waals surface area contributed by atoms with Crippen molar-refractivity contribution in [2.75, 3.05) is 19.6 Å². The van der Waals surface area contributed by atoms with Crippen LogP contribution in [0.2, 0.25) is 5.02 Å². The highest BCUT2D eigenvalue weighted by Gasteiger charge is 2.54. The number of hydrogen-bond donors (Lipinski definition) is 0. The van der Waals surface area contributed by atoms with Gasteiger partial charge in [-0.15, -0.1) is 0 Å². The molecule has 0 unspecified atom stereocenters. The standard InChI is InChI=1S/C18H22ClIN2O3/c1-17(2,3)25-16(24)21-8-9-22(18(11-21)6-7-18)15(23)13-10-12(19)4-5-14(13)20/h4-5,10H,6-9,11H2,1-3H3. The molecule has 1 spiro atoms. The van der Waals surface area contributed by atoms with E-state index in [1.807, 2.05) is 31.7 Å². The average Bonchev–Trinajstić information content (AvgIpc) is 3.27. The first-order valence-corrected chi connectivity index (χ1v) is 9.82. The van der Waals surface area contributed by atoms with Crippen LogP contribution >= 0.6 is 34.2 Å². The lowest BCUT2D eigenvalue weighted by Gasteiger charge is -2.42. The Labute approximate surface area is 166 Å². The average molecular weight is 477 g/mol. The molecular formula is C18H22ClIN2O3. The van der Waals surface area contributed by atoms with Crippen LogP contribution in [0.4, 0.5) is 4.79 Å². The highest BCUT2D eigenvalue weighted by atomic mass is 127. The Hall–Kier alpha value is -1.02. The summed E-state index contributed by atoms with van der Waals surface area (Å²) in [5.41, 5.74) is -0.139. The van der Waals surface area contributed by atoms with E-state index in [-0.39, 0.29) is 17.5 Å². The SMILES string of the molecule is CC(C)(C)OC(=O)N1CCN(C(=O)c2cc(Cl)ccc2I)C2(CC2)C1. The van der Waals surface area contributed by atoms with Crippen LogP contribution in [0, 0.1) is 3.57 Å². The number of nitrogens with zero attached hydrogens (tertiary/aromatic N) is 2. The first kappa shape index (κ1) is 18.8. The van der Waals surface area contributed by atoms with Gasteiger partial charge in [0, 0.05) is 28.2 Å². The summed E-state index contributed by atoms with van der Waals surface area (Å²) in [7, 11) is 0. The summed E-state index contributed by atoms with van der Waals surface area (Å²) in [6.45, 7) is 7.11. The van der Waals surface area contributed by atoms with Gasteiger partial charge in [-0.25, -0.2) is 4.79 Å². The molecule has 1 aromatic rings. The lowest BCUT2D eigenvalue weighted by molar-refractivity contribution is 0.000611. The quantitative estimate of drug-likeness (QED) is 0.572. The van der Waals surface area contributed by atoms with E-state index >= 15 is 0 Å². The Kier molecular flexibility index (Phi) is 4.96. The molecule has 0 aromatic heterocycles. The molecule has 0 atom stereocenters. The van der Waals surface area contributed by atoms with Gasteiger partial charge in [0.1, 0.15) is 5.60 Å². The molecule has 136 valence electrons. The van der Waals surface area contributed by atoms with Gasteiger partial charge >= 0.3 is 6.09 Å². The largest absolute Gasteiger partial charge is 0.444 e. The Bertz CT molecular complexity index is 713. The molecule has 2 aliphatic rings. The van der Waals surface area contributed by atoms with E-state index in [0.717, 1.165) is 16.4 Å². The van der Waals surface area contributed by atoms with Crippen molar-refractivity contribution in [1.29, 1.82) is 0 Å². The van der Waals surface area contributed by atoms with E-state index in [1.165, 1.54) is 0 Å². The maximum atomic E-state index is 13.1. The zero-order chi connectivity index (χ0) is 18.4. The van der Waals surface area contributed by atoms with Crippen LogP contribution in [0.3, 0.4) is 0 Å². The van der Waals surface area contributed by atoms with E-state index in [1.54, 1.807) is 17.0 Å². The number of hydrogen-bond acceptors (Lipinski definition) is 3. The second-order valence-corrected chi connectivity index (χ2v) is 9.31. The minimum absolute atomic E-state index is 0.00626. The van der Waals surface area contributed by atoms with Gasteiger partial charge in [-0.1, -0.05) is 11.6 Å². The summed E-state index contributed by atoms with van der Waals surface area (Å²) >= 11 is 8.23. The molecule has 1 heterocycles. The van der Waals surface area contributed by atoms with E-state index < -0.39 is 5.60 Å². The summed E-state index contributed by atoms with van der Waals surface area (Å²) < 4.78 is 6.36. The molecule has 0 radical (unpaired) electrons. The topological polar surface area (TPSA) is 49.9 Å². The number of carbonyl (C=O) groups is 2. The molecule has 1 aromatic carbocycles. The fraction of sp³-hybridized carbons (Fsp3) is 0.556. The predicted molar refractivity (Wildman–Crippen MR) is 105 cm³/mol. The zero-order valence-corrected chi connectivity index (χ0v) is 17.6. The maximum Gasteiger partial charge on any atom is 0.410 e. The second kappa shape index (κ2) is 6.61. The van der Waals surface area contributed by atoms with Crippen molar-refractivity contribution >= 4 is 46.2 Å². The Morgan fingerprint density at radius 1 is 1.24 bits per heavy atom. The molecule has 25 heavy (non-hydrogen) atoms. The van der Waals surface area contributed by atoms with Gasteiger partial charge in [0.2, 0.25) is 0 Å². The van der Waals surface area contributed by atoms with Crippen molar-refractivity contribution in [3.05, 3.63) is 32.4 Å². The van der Waals surface area contributed by atoms with Crippen molar-refractivity contribution in [3.8, 4) is 0 Å². The van der Waals surface area contributed by atoms with Gasteiger partial charge in [-0.3, -0.25) is 4.79 Å². The summed E-state index contributed by atoms with van der Waals surface area (Å²) in [5.74, 6) is -0.00626. The molecule has 2 fully saturated rings. The molecule has 0 bridgehead atoms. The smallest absolute Gasteiger partial charge is 0.410 e. The van der Waals surface area contributed by atoms with Gasteiger partial charge in [0.25, 0.3) is 5.91 Å². The molecule has 1 saturated carbocycles. The van der Waals surface area contributed by atoms with Crippen molar-refractivity contribution in [1.82, 2.24) is 9.80 Å². The Morgan fingerprint density at radius 2 is 1.92 bits per heavy atom. The molecule has 1 aliphatic carbocycles. The van der Waals surface area contributed by atoms with Crippen LogP contribution < -0.4 is 0 Å². The van der Waals surface area contributed by atoms with Gasteiger partial charge in [0.05, 0.1) is 11.1 Å². The van der Waals surface area contributed by atoms with Crippen LogP contribution in [-0.2, 0) is 4.74 Å². The fourth-order valence-corrected chi connectivity index (χ4v) is 3.89. The van der Waals surface area contributed by atoms with Crippen molar-refractivity contribution in [3.63, 3.8) is 0 Å². The number of carbonyl (C=O) groups excluding carboxylic acids is 2. The Balaban J connectivity index is 1.75. The second-order valence-electron chi connectivity index (χ2n) is 7.71. The first-order chi connectivity index (χ1) is 11.6. The molecule has 1 aliphatic heterocycles. The van der Waals surface area contributed by atoms with E-state index in [2.05, 4.69) is 22.6 Å². The number of piperazine rings is 1. The highest BCUT2D eigenvalue weighted by Crippen LogP contribution is 2.45. The predicted octanol–water partition coefficient (Wildman–Crippen LogP) is 4.17. The molecule has 2 amide bonds. The molecule has 3 rings (SSSR count). The summed E-state index contributed by atoms with van der Waals surface area (Å²) in [6, 6.07) is 5.36. The maximum absolute atomic E-state index is 13.1. The molecule has 5 nitrogen and oxygen atoms in total. The van der Waals surface area contributed by atoms with Crippen LogP contribution in [0.5, 0.6) is 0 Å². The zero-order valence-electron chi connectivity index (χ0n) is 14.6. The van der Waals surface area contributed by atoms with E-state index in [0.29, 0.717) is 30.2 Å². The number of halogens is 2. The fourth-order valence-electron chi connectivity index (χ4n) is 3.16. The van der Waals surface area contributed by atoms with Crippen LogP contribution in [0.15, 0.2) is 18.2 Å². The molecule has 7 heteroatoms. The molecular weight excluding hydrogens is 455 g/mol. The van der Waals surface area contributed by atoms with Crippen LogP contribution in [0.1, 0.15) is 44.0 Å². The molecule has 1 saturated heterocycles. The molecule has 0 N–H and O–H groups in total. The van der Waals surface area contributed by atoms with Crippen molar-refractivity contribution in [2.24, 2.45) is 0 Å².